The maximum Gasteiger partial charge on any atom is 0.272 e. The average molecular weight is 437 g/mol. The molecule has 4 rings (SSSR count). The summed E-state index contributed by atoms with van der Waals surface area (Å²) in [7, 11) is 0. The second kappa shape index (κ2) is 8.81. The minimum Gasteiger partial charge on any atom is -0.491 e. The van der Waals surface area contributed by atoms with Gasteiger partial charge in [-0.3, -0.25) is 9.59 Å². The first-order valence-electron chi connectivity index (χ1n) is 9.75. The molecule has 0 saturated carbocycles. The van der Waals surface area contributed by atoms with Crippen LogP contribution in [-0.4, -0.2) is 17.9 Å². The van der Waals surface area contributed by atoms with E-state index in [1.807, 2.05) is 13.8 Å². The standard InChI is InChI=1S/C24H20FNO4S/c1-15(2)30-17-11-9-16(10-12-17)21-22(31-14-18-6-5-13-29-18)24(28)26(23(21)27)20-8-4-3-7-19(20)25/h3-13,15H,14H2,1-2H3. The van der Waals surface area contributed by atoms with Crippen LogP contribution in [0.3, 0.4) is 0 Å². The van der Waals surface area contributed by atoms with Gasteiger partial charge in [0.2, 0.25) is 0 Å². The molecule has 2 heterocycles. The van der Waals surface area contributed by atoms with Gasteiger partial charge in [-0.15, -0.1) is 11.8 Å². The number of thioether (sulfide) groups is 1. The van der Waals surface area contributed by atoms with Gasteiger partial charge in [-0.25, -0.2) is 9.29 Å². The molecule has 5 nitrogen and oxygen atoms in total. The molecule has 0 N–H and O–H groups in total. The molecule has 1 aliphatic heterocycles. The zero-order valence-corrected chi connectivity index (χ0v) is 17.8. The van der Waals surface area contributed by atoms with E-state index in [1.165, 1.54) is 30.0 Å². The number of anilines is 1. The number of para-hydroxylation sites is 1. The van der Waals surface area contributed by atoms with E-state index in [0.29, 0.717) is 22.8 Å². The Morgan fingerprint density at radius 2 is 1.74 bits per heavy atom. The van der Waals surface area contributed by atoms with Crippen molar-refractivity contribution in [2.24, 2.45) is 0 Å². The number of nitrogens with zero attached hydrogens (tertiary/aromatic N) is 1. The van der Waals surface area contributed by atoms with Gasteiger partial charge in [0, 0.05) is 0 Å². The molecule has 0 saturated heterocycles. The number of amides is 2. The third kappa shape index (κ3) is 4.27. The van der Waals surface area contributed by atoms with Crippen LogP contribution in [0.2, 0.25) is 0 Å². The zero-order chi connectivity index (χ0) is 22.0. The number of carbonyl (C=O) groups excluding carboxylic acids is 2. The van der Waals surface area contributed by atoms with Crippen molar-refractivity contribution in [2.75, 3.05) is 4.90 Å². The van der Waals surface area contributed by atoms with Crippen molar-refractivity contribution < 1.29 is 23.1 Å². The lowest BCUT2D eigenvalue weighted by molar-refractivity contribution is -0.119. The monoisotopic (exact) mass is 437 g/mol. The third-order valence-electron chi connectivity index (χ3n) is 4.59. The summed E-state index contributed by atoms with van der Waals surface area (Å²) in [5, 5.41) is 0. The van der Waals surface area contributed by atoms with Crippen LogP contribution in [0.25, 0.3) is 5.57 Å². The van der Waals surface area contributed by atoms with Crippen LogP contribution in [0, 0.1) is 5.82 Å². The first-order valence-corrected chi connectivity index (χ1v) is 10.7. The summed E-state index contributed by atoms with van der Waals surface area (Å²) in [4.78, 5) is 27.7. The molecular weight excluding hydrogens is 417 g/mol. The summed E-state index contributed by atoms with van der Waals surface area (Å²) < 4.78 is 25.4. The Kier molecular flexibility index (Phi) is 5.95. The Bertz CT molecular complexity index is 1140. The lowest BCUT2D eigenvalue weighted by Gasteiger charge is -2.16. The quantitative estimate of drug-likeness (QED) is 0.462. The molecule has 1 aromatic heterocycles. The van der Waals surface area contributed by atoms with Gasteiger partial charge in [-0.1, -0.05) is 24.3 Å². The Hall–Kier alpha value is -3.32. The summed E-state index contributed by atoms with van der Waals surface area (Å²) in [5.74, 6) is -0.0564. The van der Waals surface area contributed by atoms with Crippen molar-refractivity contribution in [1.82, 2.24) is 0 Å². The molecule has 0 atom stereocenters. The van der Waals surface area contributed by atoms with E-state index in [1.54, 1.807) is 48.7 Å². The fourth-order valence-corrected chi connectivity index (χ4v) is 4.28. The second-order valence-electron chi connectivity index (χ2n) is 7.16. The van der Waals surface area contributed by atoms with Crippen molar-refractivity contribution >= 4 is 34.8 Å². The molecule has 7 heteroatoms. The van der Waals surface area contributed by atoms with E-state index < -0.39 is 17.6 Å². The minimum atomic E-state index is -0.637. The molecule has 0 aliphatic carbocycles. The maximum atomic E-state index is 14.4. The molecule has 158 valence electrons. The highest BCUT2D eigenvalue weighted by molar-refractivity contribution is 8.03. The first-order chi connectivity index (χ1) is 15.0. The Morgan fingerprint density at radius 1 is 1.00 bits per heavy atom. The molecule has 0 spiro atoms. The highest BCUT2D eigenvalue weighted by Crippen LogP contribution is 2.40. The van der Waals surface area contributed by atoms with Crippen molar-refractivity contribution in [3.05, 3.63) is 89.0 Å². The summed E-state index contributed by atoms with van der Waals surface area (Å²) >= 11 is 1.20. The van der Waals surface area contributed by atoms with Crippen LogP contribution in [0.4, 0.5) is 10.1 Å². The van der Waals surface area contributed by atoms with E-state index in [0.717, 1.165) is 4.90 Å². The van der Waals surface area contributed by atoms with Gasteiger partial charge < -0.3 is 9.15 Å². The Labute approximate surface area is 183 Å². The van der Waals surface area contributed by atoms with Crippen LogP contribution in [0.5, 0.6) is 5.75 Å². The highest BCUT2D eigenvalue weighted by Gasteiger charge is 2.41. The predicted molar refractivity (Wildman–Crippen MR) is 118 cm³/mol. The molecule has 0 unspecified atom stereocenters. The van der Waals surface area contributed by atoms with E-state index in [9.17, 15) is 14.0 Å². The van der Waals surface area contributed by atoms with Crippen LogP contribution in [-0.2, 0) is 15.3 Å². The summed E-state index contributed by atoms with van der Waals surface area (Å²) in [6.45, 7) is 3.84. The van der Waals surface area contributed by atoms with Crippen LogP contribution >= 0.6 is 11.8 Å². The predicted octanol–water partition coefficient (Wildman–Crippen LogP) is 5.42. The van der Waals surface area contributed by atoms with Gasteiger partial charge in [-0.05, 0) is 55.8 Å². The fourth-order valence-electron chi connectivity index (χ4n) is 3.26. The third-order valence-corrected chi connectivity index (χ3v) is 5.68. The molecule has 1 aliphatic rings. The lowest BCUT2D eigenvalue weighted by atomic mass is 10.1. The maximum absolute atomic E-state index is 14.4. The van der Waals surface area contributed by atoms with Gasteiger partial charge in [-0.2, -0.15) is 0 Å². The van der Waals surface area contributed by atoms with Crippen molar-refractivity contribution in [2.45, 2.75) is 25.7 Å². The minimum absolute atomic E-state index is 0.00992. The molecule has 2 aromatic carbocycles. The van der Waals surface area contributed by atoms with Crippen molar-refractivity contribution in [1.29, 1.82) is 0 Å². The van der Waals surface area contributed by atoms with E-state index >= 15 is 0 Å². The van der Waals surface area contributed by atoms with Gasteiger partial charge in [0.05, 0.1) is 34.3 Å². The average Bonchev–Trinajstić information content (AvgIpc) is 3.34. The highest BCUT2D eigenvalue weighted by atomic mass is 32.2. The lowest BCUT2D eigenvalue weighted by Crippen LogP contribution is -2.32. The molecule has 0 bridgehead atoms. The first kappa shape index (κ1) is 20.9. The van der Waals surface area contributed by atoms with Crippen LogP contribution < -0.4 is 9.64 Å². The molecule has 2 amide bonds. The van der Waals surface area contributed by atoms with Gasteiger partial charge in [0.15, 0.2) is 0 Å². The van der Waals surface area contributed by atoms with E-state index in [2.05, 4.69) is 0 Å². The SMILES string of the molecule is CC(C)Oc1ccc(C2=C(SCc3ccco3)C(=O)N(c3ccccc3F)C2=O)cc1. The number of carbonyl (C=O) groups is 2. The molecule has 31 heavy (non-hydrogen) atoms. The smallest absolute Gasteiger partial charge is 0.272 e. The number of furan rings is 1. The van der Waals surface area contributed by atoms with Crippen LogP contribution in [0.15, 0.2) is 76.2 Å². The zero-order valence-electron chi connectivity index (χ0n) is 17.0. The van der Waals surface area contributed by atoms with Crippen molar-refractivity contribution in [3.63, 3.8) is 0 Å². The number of halogens is 1. The van der Waals surface area contributed by atoms with Gasteiger partial charge >= 0.3 is 0 Å². The van der Waals surface area contributed by atoms with Gasteiger partial charge in [0.25, 0.3) is 11.8 Å². The van der Waals surface area contributed by atoms with E-state index in [-0.39, 0.29) is 22.3 Å². The molecule has 3 aromatic rings. The molecule has 0 fully saturated rings. The number of hydrogen-bond donors (Lipinski definition) is 0. The Morgan fingerprint density at radius 3 is 2.39 bits per heavy atom. The number of rotatable bonds is 7. The van der Waals surface area contributed by atoms with Crippen molar-refractivity contribution in [3.8, 4) is 5.75 Å². The molecular formula is C24H20FNO4S. The molecule has 0 radical (unpaired) electrons. The largest absolute Gasteiger partial charge is 0.491 e. The number of hydrogen-bond acceptors (Lipinski definition) is 5. The number of benzene rings is 2. The second-order valence-corrected chi connectivity index (χ2v) is 8.15. The summed E-state index contributed by atoms with van der Waals surface area (Å²) in [6, 6.07) is 16.3. The number of imide groups is 1. The summed E-state index contributed by atoms with van der Waals surface area (Å²) in [6.07, 6.45) is 1.56. The van der Waals surface area contributed by atoms with Gasteiger partial charge in [0.1, 0.15) is 17.3 Å². The van der Waals surface area contributed by atoms with Crippen LogP contribution in [0.1, 0.15) is 25.2 Å². The topological polar surface area (TPSA) is 59.8 Å². The normalized spacial score (nSPS) is 14.1. The number of ether oxygens (including phenoxy) is 1. The summed E-state index contributed by atoms with van der Waals surface area (Å²) in [5.41, 5.74) is 0.736. The van der Waals surface area contributed by atoms with E-state index in [4.69, 9.17) is 9.15 Å². The fraction of sp³-hybridized carbons (Fsp3) is 0.167. The Balaban J connectivity index is 1.73.